The second-order valence-corrected chi connectivity index (χ2v) is 5.37. The number of ether oxygens (including phenoxy) is 1. The molecule has 0 fully saturated rings. The van der Waals surface area contributed by atoms with Gasteiger partial charge in [-0.25, -0.2) is 0 Å². The zero-order valence-corrected chi connectivity index (χ0v) is 13.4. The molecule has 0 unspecified atom stereocenters. The number of hydrogen-bond acceptors (Lipinski definition) is 3. The van der Waals surface area contributed by atoms with Crippen LogP contribution in [0.15, 0.2) is 30.5 Å². The van der Waals surface area contributed by atoms with E-state index in [1.54, 1.807) is 29.1 Å². The average Bonchev–Trinajstić information content (AvgIpc) is 2.83. The van der Waals surface area contributed by atoms with Gasteiger partial charge in [-0.15, -0.1) is 0 Å². The Kier molecular flexibility index (Phi) is 5.61. The fourth-order valence-corrected chi connectivity index (χ4v) is 2.08. The van der Waals surface area contributed by atoms with Crippen molar-refractivity contribution in [3.63, 3.8) is 0 Å². The average molecular weight is 341 g/mol. The third-order valence-electron chi connectivity index (χ3n) is 3.50. The number of carbonyl (C=O) groups is 1. The predicted octanol–water partition coefficient (Wildman–Crippen LogP) is 2.74. The third kappa shape index (κ3) is 5.09. The summed E-state index contributed by atoms with van der Waals surface area (Å²) in [5, 5.41) is 6.86. The minimum atomic E-state index is -4.36. The Labute approximate surface area is 137 Å². The van der Waals surface area contributed by atoms with Crippen LogP contribution in [0.1, 0.15) is 27.2 Å². The normalized spacial score (nSPS) is 11.5. The molecule has 2 rings (SSSR count). The highest BCUT2D eigenvalue weighted by Crippen LogP contribution is 2.16. The number of carbonyl (C=O) groups excluding carboxylic acids is 1. The predicted molar refractivity (Wildman–Crippen MR) is 81.3 cm³/mol. The number of alkyl halides is 3. The quantitative estimate of drug-likeness (QED) is 0.879. The van der Waals surface area contributed by atoms with E-state index in [0.29, 0.717) is 17.7 Å². The fraction of sp³-hybridized carbons (Fsp3) is 0.375. The van der Waals surface area contributed by atoms with Gasteiger partial charge in [-0.2, -0.15) is 18.3 Å². The summed E-state index contributed by atoms with van der Waals surface area (Å²) in [4.78, 5) is 12.2. The molecule has 1 aromatic carbocycles. The summed E-state index contributed by atoms with van der Waals surface area (Å²) in [6.45, 7) is 0.701. The van der Waals surface area contributed by atoms with Crippen molar-refractivity contribution in [2.45, 2.75) is 26.3 Å². The molecule has 0 saturated heterocycles. The van der Waals surface area contributed by atoms with Gasteiger partial charge in [-0.05, 0) is 24.6 Å². The first-order valence-electron chi connectivity index (χ1n) is 7.25. The van der Waals surface area contributed by atoms with Gasteiger partial charge in [0.15, 0.2) is 0 Å². The molecule has 0 aliphatic rings. The highest BCUT2D eigenvalue weighted by molar-refractivity contribution is 5.94. The zero-order chi connectivity index (χ0) is 17.7. The lowest BCUT2D eigenvalue weighted by Crippen LogP contribution is -2.23. The number of amides is 1. The monoisotopic (exact) mass is 341 g/mol. The highest BCUT2D eigenvalue weighted by atomic mass is 19.4. The van der Waals surface area contributed by atoms with Crippen LogP contribution in [0.5, 0.6) is 0 Å². The van der Waals surface area contributed by atoms with E-state index in [4.69, 9.17) is 0 Å². The fourth-order valence-electron chi connectivity index (χ4n) is 2.08. The molecule has 1 amide bonds. The Balaban J connectivity index is 1.92. The van der Waals surface area contributed by atoms with Crippen LogP contribution >= 0.6 is 0 Å². The molecule has 24 heavy (non-hydrogen) atoms. The zero-order valence-electron chi connectivity index (χ0n) is 13.4. The maximum Gasteiger partial charge on any atom is 0.411 e. The maximum absolute atomic E-state index is 12.2. The second kappa shape index (κ2) is 7.48. The molecular weight excluding hydrogens is 323 g/mol. The Bertz CT molecular complexity index is 711. The van der Waals surface area contributed by atoms with Crippen LogP contribution in [-0.4, -0.2) is 28.5 Å². The molecule has 0 radical (unpaired) electrons. The summed E-state index contributed by atoms with van der Waals surface area (Å²) < 4.78 is 42.5. The van der Waals surface area contributed by atoms with Crippen molar-refractivity contribution < 1.29 is 22.7 Å². The number of nitrogens with one attached hydrogen (secondary N) is 1. The molecule has 0 aliphatic heterocycles. The molecule has 0 bridgehead atoms. The van der Waals surface area contributed by atoms with E-state index in [1.165, 1.54) is 6.07 Å². The van der Waals surface area contributed by atoms with E-state index in [2.05, 4.69) is 15.2 Å². The molecule has 5 nitrogen and oxygen atoms in total. The smallest absolute Gasteiger partial charge is 0.367 e. The van der Waals surface area contributed by atoms with Crippen LogP contribution in [-0.2, 0) is 24.9 Å². The maximum atomic E-state index is 12.2. The summed E-state index contributed by atoms with van der Waals surface area (Å²) in [6.07, 6.45) is -2.69. The van der Waals surface area contributed by atoms with E-state index >= 15 is 0 Å². The van der Waals surface area contributed by atoms with Crippen molar-refractivity contribution in [3.05, 3.63) is 52.8 Å². The van der Waals surface area contributed by atoms with E-state index in [9.17, 15) is 18.0 Å². The molecule has 0 spiro atoms. The van der Waals surface area contributed by atoms with Crippen molar-refractivity contribution in [1.82, 2.24) is 15.1 Å². The topological polar surface area (TPSA) is 56.1 Å². The van der Waals surface area contributed by atoms with Gasteiger partial charge in [0.1, 0.15) is 6.61 Å². The number of rotatable bonds is 6. The van der Waals surface area contributed by atoms with E-state index in [-0.39, 0.29) is 12.5 Å². The van der Waals surface area contributed by atoms with E-state index < -0.39 is 12.8 Å². The van der Waals surface area contributed by atoms with Gasteiger partial charge in [0.2, 0.25) is 0 Å². The molecule has 0 atom stereocenters. The minimum absolute atomic E-state index is 0.206. The Morgan fingerprint density at radius 3 is 2.75 bits per heavy atom. The van der Waals surface area contributed by atoms with Gasteiger partial charge in [-0.3, -0.25) is 9.48 Å². The number of benzene rings is 1. The molecule has 130 valence electrons. The first kappa shape index (κ1) is 18.0. The first-order valence-corrected chi connectivity index (χ1v) is 7.25. The molecular formula is C16H18F3N3O2. The van der Waals surface area contributed by atoms with Crippen molar-refractivity contribution in [3.8, 4) is 0 Å². The standard InChI is InChI=1S/C16H18F3N3O2/c1-11-14(8-21-22(11)2)7-20-15(23)13-5-3-4-12(6-13)9-24-10-16(17,18)19/h3-6,8H,7,9-10H2,1-2H3,(H,20,23). The molecule has 0 saturated carbocycles. The van der Waals surface area contributed by atoms with Gasteiger partial charge in [0.05, 0.1) is 12.8 Å². The van der Waals surface area contributed by atoms with Gasteiger partial charge >= 0.3 is 6.18 Å². The minimum Gasteiger partial charge on any atom is -0.367 e. The summed E-state index contributed by atoms with van der Waals surface area (Å²) in [7, 11) is 1.81. The number of hydrogen-bond donors (Lipinski definition) is 1. The van der Waals surface area contributed by atoms with Gasteiger partial charge in [0, 0.05) is 30.4 Å². The third-order valence-corrected chi connectivity index (χ3v) is 3.50. The van der Waals surface area contributed by atoms with Gasteiger partial charge < -0.3 is 10.1 Å². The van der Waals surface area contributed by atoms with E-state index in [1.807, 2.05) is 14.0 Å². The summed E-state index contributed by atoms with van der Waals surface area (Å²) in [6, 6.07) is 6.33. The number of aryl methyl sites for hydroxylation is 1. The molecule has 1 N–H and O–H groups in total. The second-order valence-electron chi connectivity index (χ2n) is 5.37. The van der Waals surface area contributed by atoms with Crippen LogP contribution in [0.2, 0.25) is 0 Å². The van der Waals surface area contributed by atoms with Crippen LogP contribution in [0, 0.1) is 6.92 Å². The number of halogens is 3. The van der Waals surface area contributed by atoms with Crippen LogP contribution in [0.4, 0.5) is 13.2 Å². The van der Waals surface area contributed by atoms with Crippen LogP contribution < -0.4 is 5.32 Å². The van der Waals surface area contributed by atoms with Crippen molar-refractivity contribution in [2.75, 3.05) is 6.61 Å². The SMILES string of the molecule is Cc1c(CNC(=O)c2cccc(COCC(F)(F)F)c2)cnn1C. The van der Waals surface area contributed by atoms with Crippen LogP contribution in [0.25, 0.3) is 0 Å². The molecule has 0 aliphatic carbocycles. The largest absolute Gasteiger partial charge is 0.411 e. The lowest BCUT2D eigenvalue weighted by molar-refractivity contribution is -0.176. The van der Waals surface area contributed by atoms with Gasteiger partial charge in [-0.1, -0.05) is 12.1 Å². The first-order chi connectivity index (χ1) is 11.3. The molecule has 2 aromatic rings. The number of nitrogens with zero attached hydrogens (tertiary/aromatic N) is 2. The lowest BCUT2D eigenvalue weighted by Gasteiger charge is -2.09. The Morgan fingerprint density at radius 2 is 2.12 bits per heavy atom. The number of aromatic nitrogens is 2. The lowest BCUT2D eigenvalue weighted by atomic mass is 10.1. The van der Waals surface area contributed by atoms with Crippen molar-refractivity contribution in [2.24, 2.45) is 7.05 Å². The Hall–Kier alpha value is -2.35. The summed E-state index contributed by atoms with van der Waals surface area (Å²) in [5.74, 6) is -0.309. The summed E-state index contributed by atoms with van der Waals surface area (Å²) >= 11 is 0. The highest BCUT2D eigenvalue weighted by Gasteiger charge is 2.27. The van der Waals surface area contributed by atoms with Crippen molar-refractivity contribution in [1.29, 1.82) is 0 Å². The van der Waals surface area contributed by atoms with Gasteiger partial charge in [0.25, 0.3) is 5.91 Å². The Morgan fingerprint density at radius 1 is 1.38 bits per heavy atom. The van der Waals surface area contributed by atoms with Crippen molar-refractivity contribution >= 4 is 5.91 Å². The molecule has 8 heteroatoms. The molecule has 1 heterocycles. The molecule has 1 aromatic heterocycles. The summed E-state index contributed by atoms with van der Waals surface area (Å²) in [5.41, 5.74) is 2.72. The van der Waals surface area contributed by atoms with Crippen LogP contribution in [0.3, 0.4) is 0 Å². The van der Waals surface area contributed by atoms with E-state index in [0.717, 1.165) is 11.3 Å².